The Hall–Kier alpha value is -2.24. The predicted octanol–water partition coefficient (Wildman–Crippen LogP) is 3.67. The van der Waals surface area contributed by atoms with E-state index in [1.807, 2.05) is 0 Å². The normalized spacial score (nSPS) is 17.9. The number of rotatable bonds is 5. The van der Waals surface area contributed by atoms with Crippen LogP contribution in [0.5, 0.6) is 0 Å². The molecule has 0 radical (unpaired) electrons. The van der Waals surface area contributed by atoms with E-state index in [1.54, 1.807) is 0 Å². The number of non-ortho nitro benzene ring substituents is 1. The number of hydrogen-bond donors (Lipinski definition) is 1. The third kappa shape index (κ3) is 4.38. The molecule has 1 aliphatic rings. The molecular weight excluding hydrogens is 282 g/mol. The predicted molar refractivity (Wildman–Crippen MR) is 84.9 cm³/mol. The SMILES string of the molecule is CCCC1CCC(=NNC(=O)c2ccc([N+](=O)[O-])cc2)CC1. The van der Waals surface area contributed by atoms with Crippen molar-refractivity contribution in [2.45, 2.75) is 45.4 Å². The maximum atomic E-state index is 11.9. The maximum Gasteiger partial charge on any atom is 0.271 e. The lowest BCUT2D eigenvalue weighted by Crippen LogP contribution is -2.22. The minimum atomic E-state index is -0.489. The van der Waals surface area contributed by atoms with Gasteiger partial charge in [0.1, 0.15) is 0 Å². The number of amides is 1. The first-order valence-electron chi connectivity index (χ1n) is 7.70. The summed E-state index contributed by atoms with van der Waals surface area (Å²) in [7, 11) is 0. The van der Waals surface area contributed by atoms with E-state index in [0.717, 1.165) is 37.3 Å². The van der Waals surface area contributed by atoms with Gasteiger partial charge in [-0.05, 0) is 43.7 Å². The number of carbonyl (C=O) groups excluding carboxylic acids is 1. The highest BCUT2D eigenvalue weighted by atomic mass is 16.6. The van der Waals surface area contributed by atoms with E-state index in [1.165, 1.54) is 37.1 Å². The molecule has 6 heteroatoms. The van der Waals surface area contributed by atoms with Crippen LogP contribution in [0.4, 0.5) is 5.69 Å². The van der Waals surface area contributed by atoms with Crippen LogP contribution in [0.25, 0.3) is 0 Å². The van der Waals surface area contributed by atoms with Gasteiger partial charge >= 0.3 is 0 Å². The third-order valence-electron chi connectivity index (χ3n) is 4.04. The van der Waals surface area contributed by atoms with Crippen molar-refractivity contribution >= 4 is 17.3 Å². The highest BCUT2D eigenvalue weighted by molar-refractivity contribution is 5.95. The fourth-order valence-corrected chi connectivity index (χ4v) is 2.75. The lowest BCUT2D eigenvalue weighted by atomic mass is 9.85. The molecule has 0 aromatic heterocycles. The van der Waals surface area contributed by atoms with Gasteiger partial charge in [-0.3, -0.25) is 14.9 Å². The minimum Gasteiger partial charge on any atom is -0.267 e. The van der Waals surface area contributed by atoms with E-state index in [9.17, 15) is 14.9 Å². The summed E-state index contributed by atoms with van der Waals surface area (Å²) in [5.74, 6) is 0.451. The Morgan fingerprint density at radius 1 is 1.32 bits per heavy atom. The lowest BCUT2D eigenvalue weighted by Gasteiger charge is -2.22. The molecule has 1 amide bonds. The van der Waals surface area contributed by atoms with E-state index in [2.05, 4.69) is 17.5 Å². The molecule has 0 heterocycles. The Balaban J connectivity index is 1.87. The van der Waals surface area contributed by atoms with Crippen molar-refractivity contribution in [2.24, 2.45) is 11.0 Å². The number of hydrazone groups is 1. The van der Waals surface area contributed by atoms with Crippen molar-refractivity contribution in [3.8, 4) is 0 Å². The van der Waals surface area contributed by atoms with Gasteiger partial charge in [0, 0.05) is 23.4 Å². The molecular formula is C16H21N3O3. The van der Waals surface area contributed by atoms with Gasteiger partial charge in [0.05, 0.1) is 4.92 Å². The van der Waals surface area contributed by atoms with Gasteiger partial charge in [-0.15, -0.1) is 0 Å². The van der Waals surface area contributed by atoms with Crippen molar-refractivity contribution in [1.29, 1.82) is 0 Å². The van der Waals surface area contributed by atoms with Crippen LogP contribution in [-0.2, 0) is 0 Å². The van der Waals surface area contributed by atoms with Gasteiger partial charge in [-0.1, -0.05) is 19.8 Å². The summed E-state index contributed by atoms with van der Waals surface area (Å²) in [5.41, 5.74) is 3.91. The molecule has 118 valence electrons. The van der Waals surface area contributed by atoms with Gasteiger partial charge in [-0.25, -0.2) is 5.43 Å². The largest absolute Gasteiger partial charge is 0.271 e. The molecule has 0 aliphatic heterocycles. The zero-order valence-corrected chi connectivity index (χ0v) is 12.7. The van der Waals surface area contributed by atoms with Crippen molar-refractivity contribution in [2.75, 3.05) is 0 Å². The molecule has 0 spiro atoms. The van der Waals surface area contributed by atoms with Gasteiger partial charge < -0.3 is 0 Å². The average molecular weight is 303 g/mol. The maximum absolute atomic E-state index is 11.9. The highest BCUT2D eigenvalue weighted by Gasteiger charge is 2.17. The molecule has 1 aromatic rings. The second-order valence-corrected chi connectivity index (χ2v) is 5.65. The summed E-state index contributed by atoms with van der Waals surface area (Å²) in [6.45, 7) is 2.20. The molecule has 0 unspecified atom stereocenters. The molecule has 1 N–H and O–H groups in total. The number of hydrogen-bond acceptors (Lipinski definition) is 4. The number of nitro groups is 1. The number of nitro benzene ring substituents is 1. The molecule has 0 bridgehead atoms. The fraction of sp³-hybridized carbons (Fsp3) is 0.500. The average Bonchev–Trinajstić information content (AvgIpc) is 2.54. The monoisotopic (exact) mass is 303 g/mol. The quantitative estimate of drug-likeness (QED) is 0.665. The Morgan fingerprint density at radius 2 is 1.95 bits per heavy atom. The summed E-state index contributed by atoms with van der Waals surface area (Å²) in [5, 5.41) is 14.8. The van der Waals surface area contributed by atoms with Crippen molar-refractivity contribution in [1.82, 2.24) is 5.43 Å². The van der Waals surface area contributed by atoms with Crippen LogP contribution >= 0.6 is 0 Å². The summed E-state index contributed by atoms with van der Waals surface area (Å²) in [6.07, 6.45) is 6.63. The van der Waals surface area contributed by atoms with E-state index in [4.69, 9.17) is 0 Å². The number of nitrogens with one attached hydrogen (secondary N) is 1. The van der Waals surface area contributed by atoms with Crippen LogP contribution < -0.4 is 5.43 Å². The molecule has 22 heavy (non-hydrogen) atoms. The Labute approximate surface area is 129 Å². The minimum absolute atomic E-state index is 0.0305. The summed E-state index contributed by atoms with van der Waals surface area (Å²) in [6, 6.07) is 5.51. The lowest BCUT2D eigenvalue weighted by molar-refractivity contribution is -0.384. The molecule has 0 saturated heterocycles. The highest BCUT2D eigenvalue weighted by Crippen LogP contribution is 2.25. The molecule has 1 fully saturated rings. The fourth-order valence-electron chi connectivity index (χ4n) is 2.75. The van der Waals surface area contributed by atoms with Crippen LogP contribution in [0.2, 0.25) is 0 Å². The van der Waals surface area contributed by atoms with Crippen LogP contribution in [0.1, 0.15) is 55.8 Å². The first kappa shape index (κ1) is 16.1. The van der Waals surface area contributed by atoms with Crippen molar-refractivity contribution < 1.29 is 9.72 Å². The second kappa shape index (κ2) is 7.68. The first-order chi connectivity index (χ1) is 10.6. The van der Waals surface area contributed by atoms with Crippen molar-refractivity contribution in [3.05, 3.63) is 39.9 Å². The van der Waals surface area contributed by atoms with Gasteiger partial charge in [0.2, 0.25) is 0 Å². The van der Waals surface area contributed by atoms with Crippen LogP contribution in [0.15, 0.2) is 29.4 Å². The van der Waals surface area contributed by atoms with E-state index in [-0.39, 0.29) is 11.6 Å². The van der Waals surface area contributed by atoms with E-state index in [0.29, 0.717) is 5.56 Å². The number of carbonyl (C=O) groups is 1. The van der Waals surface area contributed by atoms with Gasteiger partial charge in [0.15, 0.2) is 0 Å². The molecule has 2 rings (SSSR count). The van der Waals surface area contributed by atoms with Crippen LogP contribution in [0.3, 0.4) is 0 Å². The number of benzene rings is 1. The summed E-state index contributed by atoms with van der Waals surface area (Å²) in [4.78, 5) is 22.0. The zero-order valence-electron chi connectivity index (χ0n) is 12.7. The first-order valence-corrected chi connectivity index (χ1v) is 7.70. The van der Waals surface area contributed by atoms with E-state index >= 15 is 0 Å². The molecule has 1 aliphatic carbocycles. The van der Waals surface area contributed by atoms with Crippen LogP contribution in [0, 0.1) is 16.0 Å². The zero-order chi connectivity index (χ0) is 15.9. The molecule has 1 saturated carbocycles. The topological polar surface area (TPSA) is 84.6 Å². The Kier molecular flexibility index (Phi) is 5.63. The van der Waals surface area contributed by atoms with Gasteiger partial charge in [-0.2, -0.15) is 5.10 Å². The Morgan fingerprint density at radius 3 is 2.50 bits per heavy atom. The van der Waals surface area contributed by atoms with Crippen molar-refractivity contribution in [3.63, 3.8) is 0 Å². The molecule has 0 atom stereocenters. The Bertz CT molecular complexity index is 557. The van der Waals surface area contributed by atoms with E-state index < -0.39 is 4.92 Å². The summed E-state index contributed by atoms with van der Waals surface area (Å²) >= 11 is 0. The summed E-state index contributed by atoms with van der Waals surface area (Å²) < 4.78 is 0. The number of nitrogens with zero attached hydrogens (tertiary/aromatic N) is 2. The van der Waals surface area contributed by atoms with Gasteiger partial charge in [0.25, 0.3) is 11.6 Å². The standard InChI is InChI=1S/C16H21N3O3/c1-2-3-12-4-8-14(9-5-12)17-18-16(20)13-6-10-15(11-7-13)19(21)22/h6-7,10-12H,2-5,8-9H2,1H3,(H,18,20). The second-order valence-electron chi connectivity index (χ2n) is 5.65. The molecule has 1 aromatic carbocycles. The smallest absolute Gasteiger partial charge is 0.267 e. The molecule has 6 nitrogen and oxygen atoms in total. The third-order valence-corrected chi connectivity index (χ3v) is 4.04. The van der Waals surface area contributed by atoms with Crippen LogP contribution in [-0.4, -0.2) is 16.5 Å².